The van der Waals surface area contributed by atoms with E-state index in [1.807, 2.05) is 13.0 Å². The van der Waals surface area contributed by atoms with E-state index in [2.05, 4.69) is 26.8 Å². The van der Waals surface area contributed by atoms with E-state index in [1.54, 1.807) is 19.9 Å². The second kappa shape index (κ2) is 7.55. The maximum Gasteiger partial charge on any atom is 0.314 e. The number of esters is 1. The fourth-order valence-corrected chi connectivity index (χ4v) is 8.57. The molecule has 1 unspecified atom stereocenters. The Labute approximate surface area is 213 Å². The van der Waals surface area contributed by atoms with E-state index in [4.69, 9.17) is 4.74 Å². The third kappa shape index (κ3) is 2.86. The largest absolute Gasteiger partial charge is 0.504 e. The number of carbonyl (C=O) groups is 2. The van der Waals surface area contributed by atoms with Crippen LogP contribution in [0.2, 0.25) is 0 Å². The third-order valence-electron chi connectivity index (χ3n) is 10.7. The summed E-state index contributed by atoms with van der Waals surface area (Å²) >= 11 is 0. The molecule has 0 heterocycles. The molecule has 2 fully saturated rings. The lowest BCUT2D eigenvalue weighted by Crippen LogP contribution is -2.65. The van der Waals surface area contributed by atoms with E-state index < -0.39 is 29.0 Å². The SMILES string of the molecule is COC(=O)[C@@]1(C)CC2[C@]3(C)CC[C@@]4(C)C5=CC(=O)C(O)=C(C)C5=CC=C4C3=C(C)C[C@@]2(C)[C@H](O)[C@@H]1O. The van der Waals surface area contributed by atoms with Gasteiger partial charge in [0, 0.05) is 16.4 Å². The van der Waals surface area contributed by atoms with E-state index in [-0.39, 0.29) is 28.3 Å². The molecule has 0 amide bonds. The van der Waals surface area contributed by atoms with Crippen LogP contribution in [0.1, 0.15) is 67.2 Å². The van der Waals surface area contributed by atoms with Crippen LogP contribution in [0.25, 0.3) is 0 Å². The summed E-state index contributed by atoms with van der Waals surface area (Å²) in [6.45, 7) is 12.1. The highest BCUT2D eigenvalue weighted by molar-refractivity contribution is 6.06. The lowest BCUT2D eigenvalue weighted by molar-refractivity contribution is -0.213. The molecule has 5 rings (SSSR count). The van der Waals surface area contributed by atoms with Gasteiger partial charge in [0.05, 0.1) is 24.7 Å². The molecular weight excluding hydrogens is 456 g/mol. The summed E-state index contributed by atoms with van der Waals surface area (Å²) in [5, 5.41) is 32.9. The number of carbonyl (C=O) groups excluding carboxylic acids is 2. The van der Waals surface area contributed by atoms with Crippen LogP contribution in [0.15, 0.2) is 57.4 Å². The number of ether oxygens (including phenoxy) is 1. The van der Waals surface area contributed by atoms with Crippen LogP contribution in [0, 0.1) is 27.6 Å². The van der Waals surface area contributed by atoms with Gasteiger partial charge in [0.1, 0.15) is 0 Å². The monoisotopic (exact) mass is 494 g/mol. The molecule has 194 valence electrons. The van der Waals surface area contributed by atoms with Gasteiger partial charge in [-0.1, -0.05) is 38.5 Å². The van der Waals surface area contributed by atoms with Gasteiger partial charge in [-0.3, -0.25) is 9.59 Å². The summed E-state index contributed by atoms with van der Waals surface area (Å²) in [4.78, 5) is 25.5. The van der Waals surface area contributed by atoms with Gasteiger partial charge >= 0.3 is 5.97 Å². The van der Waals surface area contributed by atoms with Crippen molar-refractivity contribution < 1.29 is 29.6 Å². The van der Waals surface area contributed by atoms with Crippen molar-refractivity contribution in [1.82, 2.24) is 0 Å². The van der Waals surface area contributed by atoms with Crippen LogP contribution in [-0.4, -0.2) is 46.4 Å². The van der Waals surface area contributed by atoms with Crippen molar-refractivity contribution in [2.75, 3.05) is 7.11 Å². The van der Waals surface area contributed by atoms with E-state index in [0.717, 1.165) is 24.0 Å². The molecule has 0 aliphatic heterocycles. The van der Waals surface area contributed by atoms with Crippen molar-refractivity contribution in [1.29, 1.82) is 0 Å². The van der Waals surface area contributed by atoms with E-state index >= 15 is 0 Å². The average molecular weight is 495 g/mol. The number of allylic oxidation sites excluding steroid dienone is 9. The summed E-state index contributed by atoms with van der Waals surface area (Å²) in [5.41, 5.74) is 3.56. The fraction of sp³-hybridized carbons (Fsp3) is 0.600. The summed E-state index contributed by atoms with van der Waals surface area (Å²) in [5.74, 6) is -1.09. The number of rotatable bonds is 1. The molecule has 2 saturated carbocycles. The Hall–Kier alpha value is -2.44. The second-order valence-corrected chi connectivity index (χ2v) is 12.7. The maximum absolute atomic E-state index is 12.9. The molecule has 0 aromatic carbocycles. The van der Waals surface area contributed by atoms with Gasteiger partial charge in [0.25, 0.3) is 0 Å². The van der Waals surface area contributed by atoms with Gasteiger partial charge in [-0.2, -0.15) is 0 Å². The second-order valence-electron chi connectivity index (χ2n) is 12.7. The predicted molar refractivity (Wildman–Crippen MR) is 136 cm³/mol. The molecule has 6 nitrogen and oxygen atoms in total. The number of fused-ring (bicyclic) bond motifs is 7. The first-order chi connectivity index (χ1) is 16.7. The van der Waals surface area contributed by atoms with Crippen LogP contribution in [0.3, 0.4) is 0 Å². The Bertz CT molecular complexity index is 1250. The number of aliphatic hydroxyl groups is 3. The first-order valence-corrected chi connectivity index (χ1v) is 12.9. The van der Waals surface area contributed by atoms with Gasteiger partial charge < -0.3 is 20.1 Å². The molecule has 0 saturated heterocycles. The van der Waals surface area contributed by atoms with Crippen LogP contribution in [-0.2, 0) is 14.3 Å². The Morgan fingerprint density at radius 2 is 1.69 bits per heavy atom. The van der Waals surface area contributed by atoms with Gasteiger partial charge in [-0.25, -0.2) is 0 Å². The first kappa shape index (κ1) is 25.2. The lowest BCUT2D eigenvalue weighted by Gasteiger charge is -2.65. The minimum Gasteiger partial charge on any atom is -0.504 e. The molecule has 3 N–H and O–H groups in total. The van der Waals surface area contributed by atoms with Gasteiger partial charge in [-0.15, -0.1) is 0 Å². The summed E-state index contributed by atoms with van der Waals surface area (Å²) in [6, 6.07) is 0. The number of hydrogen-bond donors (Lipinski definition) is 3. The Balaban J connectivity index is 1.69. The minimum absolute atomic E-state index is 0.0605. The Kier molecular flexibility index (Phi) is 5.29. The number of methoxy groups -OCH3 is 1. The van der Waals surface area contributed by atoms with Crippen molar-refractivity contribution >= 4 is 11.8 Å². The molecular formula is C30H38O6. The summed E-state index contributed by atoms with van der Waals surface area (Å²) in [6.07, 6.45) is 6.11. The fourth-order valence-electron chi connectivity index (χ4n) is 8.57. The molecule has 0 bridgehead atoms. The average Bonchev–Trinajstić information content (AvgIpc) is 2.83. The summed E-state index contributed by atoms with van der Waals surface area (Å²) < 4.78 is 5.10. The van der Waals surface area contributed by atoms with Crippen LogP contribution >= 0.6 is 0 Å². The predicted octanol–water partition coefficient (Wildman–Crippen LogP) is 4.65. The van der Waals surface area contributed by atoms with Crippen LogP contribution in [0.5, 0.6) is 0 Å². The van der Waals surface area contributed by atoms with Crippen molar-refractivity contribution in [2.45, 2.75) is 79.4 Å². The molecule has 0 aromatic heterocycles. The molecule has 6 heteroatoms. The first-order valence-electron chi connectivity index (χ1n) is 12.9. The van der Waals surface area contributed by atoms with E-state index in [0.29, 0.717) is 18.4 Å². The number of ketones is 1. The molecule has 7 atom stereocenters. The Morgan fingerprint density at radius 3 is 2.33 bits per heavy atom. The van der Waals surface area contributed by atoms with Gasteiger partial charge in [0.2, 0.25) is 5.78 Å². The maximum atomic E-state index is 12.9. The highest BCUT2D eigenvalue weighted by Crippen LogP contribution is 2.70. The topological polar surface area (TPSA) is 104 Å². The minimum atomic E-state index is -1.21. The lowest BCUT2D eigenvalue weighted by atomic mass is 9.40. The van der Waals surface area contributed by atoms with Gasteiger partial charge in [0.15, 0.2) is 5.76 Å². The molecule has 36 heavy (non-hydrogen) atoms. The molecule has 0 spiro atoms. The molecule has 5 aliphatic rings. The standard InChI is InChI=1S/C30H38O6/c1-15-13-29(5)21(14-30(6,26(35)36-7)25(34)24(29)33)28(4)11-10-27(3)18(22(15)28)9-8-17-16(2)23(32)20(31)12-19(17)27/h8-9,12,21,24-25,32-34H,10-11,13-14H2,1-7H3/t21?,24-,25+,27-,28+,29-,30+/m1/s1. The van der Waals surface area contributed by atoms with Crippen molar-refractivity contribution in [3.05, 3.63) is 57.4 Å². The number of aliphatic hydroxyl groups excluding tert-OH is 3. The van der Waals surface area contributed by atoms with Crippen LogP contribution < -0.4 is 0 Å². The normalized spacial score (nSPS) is 44.0. The zero-order valence-corrected chi connectivity index (χ0v) is 22.4. The zero-order valence-electron chi connectivity index (χ0n) is 22.4. The third-order valence-corrected chi connectivity index (χ3v) is 10.7. The highest BCUT2D eigenvalue weighted by Gasteiger charge is 2.67. The molecule has 5 aliphatic carbocycles. The van der Waals surface area contributed by atoms with E-state index in [9.17, 15) is 24.9 Å². The molecule has 0 aromatic rings. The van der Waals surface area contributed by atoms with E-state index in [1.165, 1.54) is 23.8 Å². The highest BCUT2D eigenvalue weighted by atomic mass is 16.5. The summed E-state index contributed by atoms with van der Waals surface area (Å²) in [7, 11) is 1.33. The van der Waals surface area contributed by atoms with Gasteiger partial charge in [-0.05, 0) is 86.2 Å². The molecule has 0 radical (unpaired) electrons. The zero-order chi connectivity index (χ0) is 26.6. The van der Waals surface area contributed by atoms with Crippen molar-refractivity contribution in [3.8, 4) is 0 Å². The van der Waals surface area contributed by atoms with Crippen molar-refractivity contribution in [3.63, 3.8) is 0 Å². The Morgan fingerprint density at radius 1 is 1.03 bits per heavy atom. The van der Waals surface area contributed by atoms with Crippen molar-refractivity contribution in [2.24, 2.45) is 27.6 Å². The van der Waals surface area contributed by atoms with Crippen LogP contribution in [0.4, 0.5) is 0 Å². The quantitative estimate of drug-likeness (QED) is 0.459. The smallest absolute Gasteiger partial charge is 0.314 e. The number of hydrogen-bond acceptors (Lipinski definition) is 6.